The smallest absolute Gasteiger partial charge is 0.410 e. The summed E-state index contributed by atoms with van der Waals surface area (Å²) < 4.78 is 42.6. The third-order valence-electron chi connectivity index (χ3n) is 6.91. The zero-order valence-electron chi connectivity index (χ0n) is 20.5. The number of benzene rings is 1. The van der Waals surface area contributed by atoms with Crippen LogP contribution in [0.25, 0.3) is 0 Å². The zero-order chi connectivity index (χ0) is 25.6. The number of hydrogen-bond acceptors (Lipinski definition) is 8. The second kappa shape index (κ2) is 9.70. The third kappa shape index (κ3) is 4.98. The van der Waals surface area contributed by atoms with Crippen LogP contribution in [0.3, 0.4) is 0 Å². The maximum absolute atomic E-state index is 12.5. The number of piperidine rings is 1. The fraction of sp³-hybridized carbons (Fsp3) is 0.560. The molecule has 3 heterocycles. The molecule has 9 nitrogen and oxygen atoms in total. The lowest BCUT2D eigenvalue weighted by Crippen LogP contribution is -2.50. The summed E-state index contributed by atoms with van der Waals surface area (Å²) in [4.78, 5) is 23.1. The molecule has 0 spiro atoms. The van der Waals surface area contributed by atoms with Gasteiger partial charge in [0.25, 0.3) is 0 Å². The number of carbonyl (C=O) groups is 1. The molecular formula is C25H30ClN3O6S. The average molecular weight is 536 g/mol. The Hall–Kier alpha value is -2.59. The second-order valence-electron chi connectivity index (χ2n) is 9.98. The Morgan fingerprint density at radius 1 is 1.08 bits per heavy atom. The van der Waals surface area contributed by atoms with E-state index in [2.05, 4.69) is 9.97 Å². The van der Waals surface area contributed by atoms with Gasteiger partial charge in [-0.1, -0.05) is 11.6 Å². The summed E-state index contributed by atoms with van der Waals surface area (Å²) >= 11 is 6.36. The van der Waals surface area contributed by atoms with Gasteiger partial charge in [-0.15, -0.1) is 0 Å². The van der Waals surface area contributed by atoms with Crippen LogP contribution in [0.5, 0.6) is 17.5 Å². The summed E-state index contributed by atoms with van der Waals surface area (Å²) in [6.07, 6.45) is 5.49. The van der Waals surface area contributed by atoms with Gasteiger partial charge < -0.3 is 19.1 Å². The van der Waals surface area contributed by atoms with E-state index in [1.165, 1.54) is 18.5 Å². The van der Waals surface area contributed by atoms with Crippen LogP contribution in [0.15, 0.2) is 29.4 Å². The first-order chi connectivity index (χ1) is 17.1. The quantitative estimate of drug-likeness (QED) is 0.482. The number of sulfone groups is 1. The molecule has 11 heteroatoms. The van der Waals surface area contributed by atoms with Gasteiger partial charge in [0.2, 0.25) is 11.8 Å². The molecule has 3 aliphatic rings. The Balaban J connectivity index is 1.27. The number of rotatable bonds is 7. The molecule has 36 heavy (non-hydrogen) atoms. The van der Waals surface area contributed by atoms with Gasteiger partial charge in [0.05, 0.1) is 26.8 Å². The van der Waals surface area contributed by atoms with Gasteiger partial charge in [-0.3, -0.25) is 0 Å². The minimum atomic E-state index is -3.35. The highest BCUT2D eigenvalue weighted by atomic mass is 35.5. The molecule has 1 aromatic carbocycles. The van der Waals surface area contributed by atoms with Crippen LogP contribution >= 0.6 is 11.6 Å². The Morgan fingerprint density at radius 3 is 2.36 bits per heavy atom. The molecule has 2 bridgehead atoms. The minimum Gasteiger partial charge on any atom is -0.474 e. The highest BCUT2D eigenvalue weighted by Gasteiger charge is 2.45. The normalized spacial score (nSPS) is 23.6. The summed E-state index contributed by atoms with van der Waals surface area (Å²) in [5.74, 6) is 0.987. The van der Waals surface area contributed by atoms with E-state index < -0.39 is 9.84 Å². The number of amides is 1. The Kier molecular flexibility index (Phi) is 6.76. The first-order valence-electron chi connectivity index (χ1n) is 12.3. The molecule has 1 saturated carbocycles. The van der Waals surface area contributed by atoms with E-state index in [0.717, 1.165) is 12.8 Å². The highest BCUT2D eigenvalue weighted by Crippen LogP contribution is 2.40. The van der Waals surface area contributed by atoms with Crippen molar-refractivity contribution < 1.29 is 27.4 Å². The summed E-state index contributed by atoms with van der Waals surface area (Å²) in [5, 5.41) is -0.124. The number of aromatic nitrogens is 2. The zero-order valence-corrected chi connectivity index (χ0v) is 22.1. The number of hydrogen-bond donors (Lipinski definition) is 0. The lowest BCUT2D eigenvalue weighted by molar-refractivity contribution is 0.0206. The molecule has 5 rings (SSSR count). The molecule has 0 N–H and O–H groups in total. The monoisotopic (exact) mass is 535 g/mol. The van der Waals surface area contributed by atoms with Crippen molar-refractivity contribution in [3.05, 3.63) is 35.1 Å². The van der Waals surface area contributed by atoms with E-state index in [4.69, 9.17) is 25.8 Å². The number of ether oxygens (including phenoxy) is 3. The van der Waals surface area contributed by atoms with Crippen LogP contribution in [0, 0.1) is 6.92 Å². The van der Waals surface area contributed by atoms with Crippen molar-refractivity contribution >= 4 is 27.5 Å². The van der Waals surface area contributed by atoms with Crippen molar-refractivity contribution in [1.29, 1.82) is 0 Å². The van der Waals surface area contributed by atoms with Gasteiger partial charge in [0.1, 0.15) is 18.2 Å². The number of halogens is 1. The first kappa shape index (κ1) is 25.1. The van der Waals surface area contributed by atoms with Gasteiger partial charge in [-0.25, -0.2) is 23.2 Å². The fourth-order valence-electron chi connectivity index (χ4n) is 5.00. The van der Waals surface area contributed by atoms with Crippen molar-refractivity contribution in [2.45, 2.75) is 93.7 Å². The number of carbonyl (C=O) groups excluding carboxylic acids is 1. The van der Waals surface area contributed by atoms with Crippen molar-refractivity contribution in [2.24, 2.45) is 0 Å². The summed E-state index contributed by atoms with van der Waals surface area (Å²) in [6.45, 7) is 5.50. The van der Waals surface area contributed by atoms with E-state index in [1.54, 1.807) is 13.0 Å². The van der Waals surface area contributed by atoms with Gasteiger partial charge in [0.15, 0.2) is 9.84 Å². The van der Waals surface area contributed by atoms with E-state index in [1.807, 2.05) is 18.7 Å². The van der Waals surface area contributed by atoms with E-state index in [9.17, 15) is 13.2 Å². The van der Waals surface area contributed by atoms with Crippen molar-refractivity contribution in [2.75, 3.05) is 0 Å². The van der Waals surface area contributed by atoms with Gasteiger partial charge in [0, 0.05) is 24.9 Å². The van der Waals surface area contributed by atoms with Gasteiger partial charge in [-0.05, 0) is 64.7 Å². The third-order valence-corrected chi connectivity index (χ3v) is 9.46. The van der Waals surface area contributed by atoms with Gasteiger partial charge >= 0.3 is 6.09 Å². The molecule has 2 aromatic rings. The largest absolute Gasteiger partial charge is 0.474 e. The van der Waals surface area contributed by atoms with Crippen molar-refractivity contribution in [3.63, 3.8) is 0 Å². The van der Waals surface area contributed by atoms with Crippen LogP contribution in [-0.4, -0.2) is 58.9 Å². The van der Waals surface area contributed by atoms with Crippen LogP contribution in [-0.2, 0) is 14.6 Å². The predicted molar refractivity (Wildman–Crippen MR) is 132 cm³/mol. The molecule has 3 fully saturated rings. The predicted octanol–water partition coefficient (Wildman–Crippen LogP) is 5.09. The molecule has 2 saturated heterocycles. The van der Waals surface area contributed by atoms with E-state index >= 15 is 0 Å². The van der Waals surface area contributed by atoms with Crippen LogP contribution < -0.4 is 9.47 Å². The molecule has 0 radical (unpaired) electrons. The maximum Gasteiger partial charge on any atom is 0.410 e. The Morgan fingerprint density at radius 2 is 1.75 bits per heavy atom. The van der Waals surface area contributed by atoms with Crippen LogP contribution in [0.1, 0.15) is 57.9 Å². The fourth-order valence-corrected chi connectivity index (χ4v) is 6.96. The lowest BCUT2D eigenvalue weighted by Gasteiger charge is -2.38. The van der Waals surface area contributed by atoms with Gasteiger partial charge in [-0.2, -0.15) is 0 Å². The number of nitrogens with zero attached hydrogens (tertiary/aromatic N) is 3. The first-order valence-corrected chi connectivity index (χ1v) is 14.2. The average Bonchev–Trinajstić information content (AvgIpc) is 3.63. The molecule has 1 aliphatic carbocycles. The molecule has 2 unspecified atom stereocenters. The summed E-state index contributed by atoms with van der Waals surface area (Å²) in [7, 11) is -3.35. The lowest BCUT2D eigenvalue weighted by atomic mass is 10.0. The molecule has 1 aromatic heterocycles. The Bertz CT molecular complexity index is 1250. The standard InChI is InChI=1S/C25H30ClN3O6S/c1-14(2)33-25(30)29-16-4-5-17(29)11-18(10-16)34-23-15(3)24(28-13-27-23)35-22-9-8-20(12-21(22)26)36(31,32)19-6-7-19/h8-9,12-14,16-19H,4-7,10-11H2,1-3H3. The van der Waals surface area contributed by atoms with Crippen molar-refractivity contribution in [1.82, 2.24) is 14.9 Å². The topological polar surface area (TPSA) is 108 Å². The SMILES string of the molecule is Cc1c(Oc2ccc(S(=O)(=O)C3CC3)cc2Cl)ncnc1OC1CC2CCC(C1)N2C(=O)OC(C)C. The minimum absolute atomic E-state index is 0.0853. The molecule has 2 atom stereocenters. The second-order valence-corrected chi connectivity index (χ2v) is 12.6. The molecule has 2 aliphatic heterocycles. The Labute approximate surface area is 216 Å². The summed E-state index contributed by atoms with van der Waals surface area (Å²) in [6, 6.07) is 4.65. The molecule has 1 amide bonds. The highest BCUT2D eigenvalue weighted by molar-refractivity contribution is 7.92. The van der Waals surface area contributed by atoms with Crippen LogP contribution in [0.2, 0.25) is 5.02 Å². The van der Waals surface area contributed by atoms with Crippen molar-refractivity contribution in [3.8, 4) is 17.5 Å². The molecule has 194 valence electrons. The maximum atomic E-state index is 12.5. The van der Waals surface area contributed by atoms with E-state index in [0.29, 0.717) is 42.9 Å². The van der Waals surface area contributed by atoms with E-state index in [-0.39, 0.29) is 51.4 Å². The molecular weight excluding hydrogens is 506 g/mol. The number of fused-ring (bicyclic) bond motifs is 2. The summed E-state index contributed by atoms with van der Waals surface area (Å²) in [5.41, 5.74) is 0.609. The van der Waals surface area contributed by atoms with Crippen LogP contribution in [0.4, 0.5) is 4.79 Å².